The monoisotopic (exact) mass is 262 g/mol. The van der Waals surface area contributed by atoms with E-state index in [0.717, 1.165) is 11.1 Å². The zero-order valence-electron chi connectivity index (χ0n) is 11.7. The number of ether oxygens (including phenoxy) is 2. The summed E-state index contributed by atoms with van der Waals surface area (Å²) >= 11 is 0. The number of hydrogen-bond donors (Lipinski definition) is 1. The molecule has 3 nitrogen and oxygen atoms in total. The van der Waals surface area contributed by atoms with Gasteiger partial charge >= 0.3 is 0 Å². The Morgan fingerprint density at radius 3 is 2.42 bits per heavy atom. The molecule has 104 valence electrons. The quantitative estimate of drug-likeness (QED) is 0.605. The zero-order valence-corrected chi connectivity index (χ0v) is 11.7. The molecule has 0 spiro atoms. The number of aliphatic hydroxyl groups excluding tert-OH is 1. The highest BCUT2D eigenvalue weighted by Crippen LogP contribution is 2.14. The maximum atomic E-state index is 9.94. The zero-order chi connectivity index (χ0) is 14.1. The van der Waals surface area contributed by atoms with Crippen molar-refractivity contribution in [2.45, 2.75) is 25.7 Å². The molecule has 1 atom stereocenters. The Morgan fingerprint density at radius 2 is 1.84 bits per heavy atom. The smallest absolute Gasteiger partial charge is 0.160 e. The Balaban J connectivity index is 2.52. The van der Waals surface area contributed by atoms with E-state index in [0.29, 0.717) is 6.42 Å². The van der Waals surface area contributed by atoms with Crippen LogP contribution in [-0.4, -0.2) is 25.6 Å². The lowest BCUT2D eigenvalue weighted by molar-refractivity contribution is -0.100. The van der Waals surface area contributed by atoms with Gasteiger partial charge in [0.2, 0.25) is 0 Å². The summed E-state index contributed by atoms with van der Waals surface area (Å²) in [5.74, 6) is 0. The Bertz CT molecular complexity index is 405. The molecular formula is C16H22O3. The lowest BCUT2D eigenvalue weighted by atomic mass is 10.1. The Labute approximate surface area is 115 Å². The fourth-order valence-electron chi connectivity index (χ4n) is 1.68. The highest BCUT2D eigenvalue weighted by atomic mass is 16.7. The van der Waals surface area contributed by atoms with Crippen LogP contribution >= 0.6 is 0 Å². The van der Waals surface area contributed by atoms with Gasteiger partial charge in [-0.25, -0.2) is 0 Å². The normalized spacial score (nSPS) is 14.3. The molecule has 1 aromatic rings. The highest BCUT2D eigenvalue weighted by molar-refractivity contribution is 5.22. The molecule has 1 unspecified atom stereocenters. The standard InChI is InChI=1S/C16H22O3/c1-13(12-16(18-2)19-3)8-7-11-15(17)14-9-5-4-6-10-14/h4-11,15-17H,12H2,1-3H3/b11-7+,13-8+. The minimum absolute atomic E-state index is 0.219. The molecule has 0 fully saturated rings. The van der Waals surface area contributed by atoms with Crippen molar-refractivity contribution in [3.63, 3.8) is 0 Å². The molecule has 0 aromatic heterocycles. The summed E-state index contributed by atoms with van der Waals surface area (Å²) in [4.78, 5) is 0. The molecule has 0 saturated carbocycles. The molecule has 1 N–H and O–H groups in total. The van der Waals surface area contributed by atoms with E-state index in [4.69, 9.17) is 9.47 Å². The molecule has 1 aromatic carbocycles. The van der Waals surface area contributed by atoms with Gasteiger partial charge in [-0.15, -0.1) is 0 Å². The average molecular weight is 262 g/mol. The first-order chi connectivity index (χ1) is 9.17. The second kappa shape index (κ2) is 8.64. The van der Waals surface area contributed by atoms with Gasteiger partial charge in [0.1, 0.15) is 0 Å². The van der Waals surface area contributed by atoms with E-state index >= 15 is 0 Å². The first-order valence-electron chi connectivity index (χ1n) is 6.30. The summed E-state index contributed by atoms with van der Waals surface area (Å²) in [5, 5.41) is 9.94. The summed E-state index contributed by atoms with van der Waals surface area (Å²) < 4.78 is 10.3. The van der Waals surface area contributed by atoms with Gasteiger partial charge in [0.15, 0.2) is 6.29 Å². The van der Waals surface area contributed by atoms with Crippen LogP contribution in [0.15, 0.2) is 54.1 Å². The Hall–Kier alpha value is -1.42. The van der Waals surface area contributed by atoms with E-state index < -0.39 is 6.10 Å². The summed E-state index contributed by atoms with van der Waals surface area (Å²) in [6, 6.07) is 9.55. The van der Waals surface area contributed by atoms with Crippen molar-refractivity contribution in [1.29, 1.82) is 0 Å². The van der Waals surface area contributed by atoms with Gasteiger partial charge < -0.3 is 14.6 Å². The minimum Gasteiger partial charge on any atom is -0.384 e. The van der Waals surface area contributed by atoms with Gasteiger partial charge in [0.05, 0.1) is 6.10 Å². The minimum atomic E-state index is -0.578. The molecule has 0 aliphatic heterocycles. The van der Waals surface area contributed by atoms with Crippen LogP contribution in [0.2, 0.25) is 0 Å². The third-order valence-corrected chi connectivity index (χ3v) is 2.83. The van der Waals surface area contributed by atoms with Gasteiger partial charge in [-0.2, -0.15) is 0 Å². The predicted molar refractivity (Wildman–Crippen MR) is 76.7 cm³/mol. The van der Waals surface area contributed by atoms with Crippen LogP contribution in [0, 0.1) is 0 Å². The van der Waals surface area contributed by atoms with Crippen LogP contribution in [0.4, 0.5) is 0 Å². The van der Waals surface area contributed by atoms with Gasteiger partial charge in [0.25, 0.3) is 0 Å². The third-order valence-electron chi connectivity index (χ3n) is 2.83. The van der Waals surface area contributed by atoms with E-state index in [9.17, 15) is 5.11 Å². The van der Waals surface area contributed by atoms with Gasteiger partial charge in [-0.1, -0.05) is 54.1 Å². The van der Waals surface area contributed by atoms with Crippen molar-refractivity contribution in [2.75, 3.05) is 14.2 Å². The average Bonchev–Trinajstić information content (AvgIpc) is 2.45. The van der Waals surface area contributed by atoms with Crippen LogP contribution in [0.3, 0.4) is 0 Å². The van der Waals surface area contributed by atoms with E-state index in [2.05, 4.69) is 0 Å². The molecule has 3 heteroatoms. The molecule has 0 aliphatic rings. The third kappa shape index (κ3) is 5.83. The molecule has 19 heavy (non-hydrogen) atoms. The van der Waals surface area contributed by atoms with Crippen LogP contribution in [0.5, 0.6) is 0 Å². The number of hydrogen-bond acceptors (Lipinski definition) is 3. The van der Waals surface area contributed by atoms with E-state index in [1.54, 1.807) is 20.3 Å². The lowest BCUT2D eigenvalue weighted by Crippen LogP contribution is -2.12. The van der Waals surface area contributed by atoms with Gasteiger partial charge in [-0.05, 0) is 12.5 Å². The first kappa shape index (κ1) is 15.6. The molecule has 0 aliphatic carbocycles. The van der Waals surface area contributed by atoms with Crippen LogP contribution < -0.4 is 0 Å². The van der Waals surface area contributed by atoms with E-state index in [-0.39, 0.29) is 6.29 Å². The molecule has 0 amide bonds. The fraction of sp³-hybridized carbons (Fsp3) is 0.375. The predicted octanol–water partition coefficient (Wildman–Crippen LogP) is 3.23. The molecule has 0 heterocycles. The summed E-state index contributed by atoms with van der Waals surface area (Å²) in [6.45, 7) is 2.00. The summed E-state index contributed by atoms with van der Waals surface area (Å²) in [5.41, 5.74) is 2.02. The second-order valence-corrected chi connectivity index (χ2v) is 4.36. The first-order valence-corrected chi connectivity index (χ1v) is 6.30. The highest BCUT2D eigenvalue weighted by Gasteiger charge is 2.05. The van der Waals surface area contributed by atoms with Crippen molar-refractivity contribution >= 4 is 0 Å². The van der Waals surface area contributed by atoms with Crippen molar-refractivity contribution in [2.24, 2.45) is 0 Å². The maximum absolute atomic E-state index is 9.94. The topological polar surface area (TPSA) is 38.7 Å². The van der Waals surface area contributed by atoms with E-state index in [1.807, 2.05) is 49.4 Å². The van der Waals surface area contributed by atoms with Crippen molar-refractivity contribution < 1.29 is 14.6 Å². The number of rotatable bonds is 7. The van der Waals surface area contributed by atoms with Crippen LogP contribution in [-0.2, 0) is 9.47 Å². The molecule has 0 saturated heterocycles. The second-order valence-electron chi connectivity index (χ2n) is 4.36. The van der Waals surface area contributed by atoms with Crippen molar-refractivity contribution in [3.05, 3.63) is 59.7 Å². The largest absolute Gasteiger partial charge is 0.384 e. The molecule has 1 rings (SSSR count). The molecule has 0 bridgehead atoms. The summed E-state index contributed by atoms with van der Waals surface area (Å²) in [6.07, 6.45) is 5.48. The van der Waals surface area contributed by atoms with Gasteiger partial charge in [-0.3, -0.25) is 0 Å². The summed E-state index contributed by atoms with van der Waals surface area (Å²) in [7, 11) is 3.24. The maximum Gasteiger partial charge on any atom is 0.160 e. The number of methoxy groups -OCH3 is 2. The van der Waals surface area contributed by atoms with Crippen molar-refractivity contribution in [3.8, 4) is 0 Å². The number of benzene rings is 1. The molecule has 0 radical (unpaired) electrons. The molecular weight excluding hydrogens is 240 g/mol. The SMILES string of the molecule is COC(C/C(C)=C/C=C/C(O)c1ccccc1)OC. The fourth-order valence-corrected chi connectivity index (χ4v) is 1.68. The van der Waals surface area contributed by atoms with Crippen molar-refractivity contribution in [1.82, 2.24) is 0 Å². The van der Waals surface area contributed by atoms with Crippen LogP contribution in [0.1, 0.15) is 25.0 Å². The van der Waals surface area contributed by atoms with Crippen LogP contribution in [0.25, 0.3) is 0 Å². The van der Waals surface area contributed by atoms with Gasteiger partial charge in [0, 0.05) is 20.6 Å². The van der Waals surface area contributed by atoms with E-state index in [1.165, 1.54) is 0 Å². The Morgan fingerprint density at radius 1 is 1.21 bits per heavy atom. The number of aliphatic hydroxyl groups is 1. The number of allylic oxidation sites excluding steroid dienone is 2. The Kier molecular flexibility index (Phi) is 7.11. The lowest BCUT2D eigenvalue weighted by Gasteiger charge is -2.12.